The van der Waals surface area contributed by atoms with Crippen LogP contribution >= 0.6 is 0 Å². The second kappa shape index (κ2) is 3.85. The molecule has 1 aromatic heterocycles. The third-order valence-corrected chi connectivity index (χ3v) is 2.32. The van der Waals surface area contributed by atoms with E-state index in [-0.39, 0.29) is 5.82 Å². The van der Waals surface area contributed by atoms with Gasteiger partial charge in [-0.3, -0.25) is 0 Å². The first-order valence-corrected chi connectivity index (χ1v) is 4.93. The van der Waals surface area contributed by atoms with E-state index in [1.807, 2.05) is 13.8 Å². The van der Waals surface area contributed by atoms with Gasteiger partial charge in [0.05, 0.1) is 5.69 Å². The number of aryl methyl sites for hydroxylation is 2. The Morgan fingerprint density at radius 1 is 1.27 bits per heavy atom. The maximum absolute atomic E-state index is 12.7. The highest BCUT2D eigenvalue weighted by molar-refractivity contribution is 5.53. The van der Waals surface area contributed by atoms with Gasteiger partial charge in [0.1, 0.15) is 11.6 Å². The highest BCUT2D eigenvalue weighted by atomic mass is 19.1. The van der Waals surface area contributed by atoms with Crippen LogP contribution in [0.4, 0.5) is 4.39 Å². The Morgan fingerprint density at radius 3 is 2.47 bits per heavy atom. The number of aromatic nitrogens is 1. The van der Waals surface area contributed by atoms with Gasteiger partial charge in [0.2, 0.25) is 5.89 Å². The summed E-state index contributed by atoms with van der Waals surface area (Å²) in [7, 11) is 0. The minimum absolute atomic E-state index is 0.252. The zero-order valence-corrected chi connectivity index (χ0v) is 8.75. The molecular formula is C12H12FNO. The van der Waals surface area contributed by atoms with Crippen molar-refractivity contribution in [3.63, 3.8) is 0 Å². The van der Waals surface area contributed by atoms with E-state index < -0.39 is 0 Å². The van der Waals surface area contributed by atoms with E-state index in [0.29, 0.717) is 5.89 Å². The summed E-state index contributed by atoms with van der Waals surface area (Å²) in [6.45, 7) is 3.91. The van der Waals surface area contributed by atoms with Crippen molar-refractivity contribution in [2.75, 3.05) is 0 Å². The van der Waals surface area contributed by atoms with Crippen LogP contribution in [-0.4, -0.2) is 4.98 Å². The topological polar surface area (TPSA) is 26.0 Å². The quantitative estimate of drug-likeness (QED) is 0.751. The van der Waals surface area contributed by atoms with Crippen LogP contribution in [0.25, 0.3) is 11.5 Å². The Kier molecular flexibility index (Phi) is 2.54. The van der Waals surface area contributed by atoms with Crippen LogP contribution < -0.4 is 0 Å². The maximum atomic E-state index is 12.7. The Hall–Kier alpha value is -1.64. The molecule has 0 aliphatic heterocycles. The highest BCUT2D eigenvalue weighted by Gasteiger charge is 2.09. The van der Waals surface area contributed by atoms with Crippen LogP contribution in [0.1, 0.15) is 18.4 Å². The van der Waals surface area contributed by atoms with Crippen molar-refractivity contribution in [1.82, 2.24) is 4.98 Å². The third-order valence-electron chi connectivity index (χ3n) is 2.32. The summed E-state index contributed by atoms with van der Waals surface area (Å²) < 4.78 is 18.2. The minimum atomic E-state index is -0.252. The summed E-state index contributed by atoms with van der Waals surface area (Å²) in [5.41, 5.74) is 1.76. The van der Waals surface area contributed by atoms with Crippen LogP contribution in [0, 0.1) is 12.7 Å². The first-order valence-electron chi connectivity index (χ1n) is 4.93. The van der Waals surface area contributed by atoms with Crippen LogP contribution in [0.15, 0.2) is 28.7 Å². The van der Waals surface area contributed by atoms with E-state index in [1.54, 1.807) is 12.1 Å². The van der Waals surface area contributed by atoms with E-state index in [2.05, 4.69) is 4.98 Å². The van der Waals surface area contributed by atoms with Gasteiger partial charge in [0, 0.05) is 5.56 Å². The first-order chi connectivity index (χ1) is 7.20. The van der Waals surface area contributed by atoms with Gasteiger partial charge >= 0.3 is 0 Å². The molecule has 78 valence electrons. The molecule has 0 saturated carbocycles. The zero-order chi connectivity index (χ0) is 10.8. The molecule has 2 aromatic rings. The lowest BCUT2D eigenvalue weighted by Gasteiger charge is -1.93. The molecule has 0 fully saturated rings. The van der Waals surface area contributed by atoms with Gasteiger partial charge in [0.15, 0.2) is 0 Å². The van der Waals surface area contributed by atoms with Crippen molar-refractivity contribution in [3.05, 3.63) is 41.5 Å². The summed E-state index contributed by atoms with van der Waals surface area (Å²) in [6, 6.07) is 6.14. The summed E-state index contributed by atoms with van der Waals surface area (Å²) in [6.07, 6.45) is 0.844. The molecule has 0 aliphatic carbocycles. The van der Waals surface area contributed by atoms with Crippen LogP contribution in [0.2, 0.25) is 0 Å². The molecule has 3 heteroatoms. The molecule has 0 spiro atoms. The minimum Gasteiger partial charge on any atom is -0.441 e. The average molecular weight is 205 g/mol. The number of benzene rings is 1. The summed E-state index contributed by atoms with van der Waals surface area (Å²) in [4.78, 5) is 4.34. The molecule has 15 heavy (non-hydrogen) atoms. The lowest BCUT2D eigenvalue weighted by Crippen LogP contribution is -1.83. The van der Waals surface area contributed by atoms with Crippen molar-refractivity contribution >= 4 is 0 Å². The molecule has 0 N–H and O–H groups in total. The van der Waals surface area contributed by atoms with Crippen molar-refractivity contribution in [2.45, 2.75) is 20.3 Å². The number of nitrogens with zero attached hydrogens (tertiary/aromatic N) is 1. The highest BCUT2D eigenvalue weighted by Crippen LogP contribution is 2.21. The van der Waals surface area contributed by atoms with Gasteiger partial charge < -0.3 is 4.42 Å². The fourth-order valence-electron chi connectivity index (χ4n) is 1.47. The van der Waals surface area contributed by atoms with Crippen LogP contribution in [0.5, 0.6) is 0 Å². The molecule has 1 aromatic carbocycles. The van der Waals surface area contributed by atoms with E-state index in [1.165, 1.54) is 12.1 Å². The summed E-state index contributed by atoms with van der Waals surface area (Å²) in [5.74, 6) is 1.14. The fraction of sp³-hybridized carbons (Fsp3) is 0.250. The van der Waals surface area contributed by atoms with Gasteiger partial charge in [-0.1, -0.05) is 6.92 Å². The van der Waals surface area contributed by atoms with Gasteiger partial charge in [-0.05, 0) is 37.6 Å². The number of hydrogen-bond donors (Lipinski definition) is 0. The Morgan fingerprint density at radius 2 is 1.93 bits per heavy atom. The second-order valence-electron chi connectivity index (χ2n) is 3.38. The molecule has 0 unspecified atom stereocenters. The van der Waals surface area contributed by atoms with Crippen molar-refractivity contribution in [3.8, 4) is 11.5 Å². The maximum Gasteiger partial charge on any atom is 0.226 e. The number of rotatable bonds is 2. The van der Waals surface area contributed by atoms with Gasteiger partial charge in [-0.15, -0.1) is 0 Å². The Balaban J connectivity index is 2.41. The molecule has 2 nitrogen and oxygen atoms in total. The fourth-order valence-corrected chi connectivity index (χ4v) is 1.47. The number of oxazole rings is 1. The van der Waals surface area contributed by atoms with E-state index >= 15 is 0 Å². The molecule has 0 bridgehead atoms. The molecule has 0 aliphatic rings. The van der Waals surface area contributed by atoms with Gasteiger partial charge in [-0.25, -0.2) is 9.37 Å². The van der Waals surface area contributed by atoms with Gasteiger partial charge in [0.25, 0.3) is 0 Å². The molecule has 1 heterocycles. The molecule has 0 radical (unpaired) electrons. The van der Waals surface area contributed by atoms with Crippen molar-refractivity contribution in [1.29, 1.82) is 0 Å². The lowest BCUT2D eigenvalue weighted by atomic mass is 10.2. The lowest BCUT2D eigenvalue weighted by molar-refractivity contribution is 0.539. The van der Waals surface area contributed by atoms with E-state index in [0.717, 1.165) is 23.4 Å². The zero-order valence-electron chi connectivity index (χ0n) is 8.75. The van der Waals surface area contributed by atoms with E-state index in [4.69, 9.17) is 4.42 Å². The molecule has 0 atom stereocenters. The summed E-state index contributed by atoms with van der Waals surface area (Å²) >= 11 is 0. The first kappa shape index (κ1) is 9.90. The number of halogens is 1. The predicted octanol–water partition coefficient (Wildman–Crippen LogP) is 3.35. The smallest absolute Gasteiger partial charge is 0.226 e. The summed E-state index contributed by atoms with van der Waals surface area (Å²) in [5, 5.41) is 0. The molecule has 0 amide bonds. The predicted molar refractivity (Wildman–Crippen MR) is 56.0 cm³/mol. The Labute approximate surface area is 87.8 Å². The third kappa shape index (κ3) is 1.91. The standard InChI is InChI=1S/C12H12FNO/c1-3-11-8(2)15-12(14-11)9-4-6-10(13)7-5-9/h4-7H,3H2,1-2H3. The Bertz CT molecular complexity index is 459. The monoisotopic (exact) mass is 205 g/mol. The molecule has 0 saturated heterocycles. The van der Waals surface area contributed by atoms with Crippen molar-refractivity contribution in [2.24, 2.45) is 0 Å². The van der Waals surface area contributed by atoms with Crippen molar-refractivity contribution < 1.29 is 8.81 Å². The average Bonchev–Trinajstić information content (AvgIpc) is 2.61. The molecule has 2 rings (SSSR count). The largest absolute Gasteiger partial charge is 0.441 e. The normalized spacial score (nSPS) is 10.6. The van der Waals surface area contributed by atoms with Crippen LogP contribution in [-0.2, 0) is 6.42 Å². The van der Waals surface area contributed by atoms with Gasteiger partial charge in [-0.2, -0.15) is 0 Å². The number of hydrogen-bond acceptors (Lipinski definition) is 2. The second-order valence-corrected chi connectivity index (χ2v) is 3.38. The van der Waals surface area contributed by atoms with E-state index in [9.17, 15) is 4.39 Å². The van der Waals surface area contributed by atoms with Crippen LogP contribution in [0.3, 0.4) is 0 Å². The molecular weight excluding hydrogens is 193 g/mol. The SMILES string of the molecule is CCc1nc(-c2ccc(F)cc2)oc1C.